The fourth-order valence-electron chi connectivity index (χ4n) is 2.37. The minimum atomic E-state index is -0.776. The monoisotopic (exact) mass is 288 g/mol. The molecule has 0 aliphatic carbocycles. The van der Waals surface area contributed by atoms with Crippen LogP contribution in [0.1, 0.15) is 18.4 Å². The van der Waals surface area contributed by atoms with Gasteiger partial charge in [-0.05, 0) is 24.5 Å². The zero-order chi connectivity index (χ0) is 15.4. The van der Waals surface area contributed by atoms with Crippen LogP contribution in [0, 0.1) is 0 Å². The van der Waals surface area contributed by atoms with Crippen molar-refractivity contribution < 1.29 is 14.7 Å². The number of hydrogen-bond donors (Lipinski definition) is 1. The maximum Gasteiger partial charge on any atom is 0.303 e. The number of fused-ring (bicyclic) bond motifs is 1. The quantitative estimate of drug-likeness (QED) is 0.885. The maximum absolute atomic E-state index is 11.9. The van der Waals surface area contributed by atoms with Crippen molar-refractivity contribution in [2.45, 2.75) is 25.8 Å². The fraction of sp³-hybridized carbons (Fsp3) is 0.375. The number of hydrogen-bond acceptors (Lipinski definition) is 2. The molecule has 112 valence electrons. The van der Waals surface area contributed by atoms with Crippen molar-refractivity contribution >= 4 is 22.8 Å². The first-order valence-corrected chi connectivity index (χ1v) is 6.97. The number of aliphatic carboxylic acids is 1. The van der Waals surface area contributed by atoms with Gasteiger partial charge in [0.2, 0.25) is 5.91 Å². The first kappa shape index (κ1) is 15.1. The van der Waals surface area contributed by atoms with Gasteiger partial charge in [-0.2, -0.15) is 0 Å². The van der Waals surface area contributed by atoms with Crippen LogP contribution >= 0.6 is 0 Å². The van der Waals surface area contributed by atoms with E-state index in [0.29, 0.717) is 19.4 Å². The van der Waals surface area contributed by atoms with Crippen LogP contribution in [0.3, 0.4) is 0 Å². The summed E-state index contributed by atoms with van der Waals surface area (Å²) >= 11 is 0. The highest BCUT2D eigenvalue weighted by molar-refractivity contribution is 5.86. The molecule has 5 heteroatoms. The molecule has 5 nitrogen and oxygen atoms in total. The molecule has 0 bridgehead atoms. The third kappa shape index (κ3) is 3.62. The van der Waals surface area contributed by atoms with Gasteiger partial charge in [0.1, 0.15) is 6.54 Å². The van der Waals surface area contributed by atoms with Gasteiger partial charge in [0, 0.05) is 37.6 Å². The summed E-state index contributed by atoms with van der Waals surface area (Å²) < 4.78 is 1.94. The van der Waals surface area contributed by atoms with Crippen molar-refractivity contribution in [1.82, 2.24) is 9.47 Å². The van der Waals surface area contributed by atoms with E-state index in [1.807, 2.05) is 35.0 Å². The summed E-state index contributed by atoms with van der Waals surface area (Å²) in [6, 6.07) is 7.90. The fourth-order valence-corrected chi connectivity index (χ4v) is 2.37. The molecule has 0 saturated carbocycles. The van der Waals surface area contributed by atoms with E-state index in [4.69, 9.17) is 5.11 Å². The van der Waals surface area contributed by atoms with Crippen LogP contribution in [-0.2, 0) is 22.6 Å². The van der Waals surface area contributed by atoms with E-state index < -0.39 is 5.97 Å². The Morgan fingerprint density at radius 3 is 2.62 bits per heavy atom. The summed E-state index contributed by atoms with van der Waals surface area (Å²) in [7, 11) is 3.48. The van der Waals surface area contributed by atoms with Gasteiger partial charge in [-0.3, -0.25) is 9.59 Å². The minimum Gasteiger partial charge on any atom is -0.481 e. The van der Waals surface area contributed by atoms with Crippen molar-refractivity contribution in [3.63, 3.8) is 0 Å². The van der Waals surface area contributed by atoms with E-state index in [1.54, 1.807) is 19.0 Å². The number of aryl methyl sites for hydroxylation is 1. The Hall–Kier alpha value is -2.30. The van der Waals surface area contributed by atoms with Crippen molar-refractivity contribution in [1.29, 1.82) is 0 Å². The number of amides is 1. The Labute approximate surface area is 123 Å². The van der Waals surface area contributed by atoms with Gasteiger partial charge < -0.3 is 14.6 Å². The third-order valence-corrected chi connectivity index (χ3v) is 3.51. The van der Waals surface area contributed by atoms with Gasteiger partial charge in [0.15, 0.2) is 0 Å². The van der Waals surface area contributed by atoms with Crippen molar-refractivity contribution in [3.8, 4) is 0 Å². The standard InChI is InChI=1S/C16H20N2O3/c1-17(2)15(19)11-18-10-12(6-5-9-16(20)21)13-7-3-4-8-14(13)18/h3-4,7-8,10H,5-6,9,11H2,1-2H3,(H,20,21). The number of carboxylic acid groups (broad SMARTS) is 1. The second kappa shape index (κ2) is 6.43. The highest BCUT2D eigenvalue weighted by Crippen LogP contribution is 2.23. The van der Waals surface area contributed by atoms with Crippen LogP contribution in [0.25, 0.3) is 10.9 Å². The average Bonchev–Trinajstić information content (AvgIpc) is 2.77. The molecule has 0 unspecified atom stereocenters. The summed E-state index contributed by atoms with van der Waals surface area (Å²) in [6.07, 6.45) is 3.44. The van der Waals surface area contributed by atoms with Crippen LogP contribution in [0.5, 0.6) is 0 Å². The predicted molar refractivity (Wildman–Crippen MR) is 81.2 cm³/mol. The number of carboxylic acids is 1. The zero-order valence-corrected chi connectivity index (χ0v) is 12.4. The van der Waals surface area contributed by atoms with E-state index in [0.717, 1.165) is 16.5 Å². The Morgan fingerprint density at radius 2 is 1.95 bits per heavy atom. The first-order chi connectivity index (χ1) is 9.99. The Morgan fingerprint density at radius 1 is 1.24 bits per heavy atom. The van der Waals surface area contributed by atoms with Gasteiger partial charge in [-0.25, -0.2) is 0 Å². The molecule has 1 amide bonds. The summed E-state index contributed by atoms with van der Waals surface area (Å²) in [5.74, 6) is -0.741. The molecule has 0 spiro atoms. The topological polar surface area (TPSA) is 62.5 Å². The molecular weight excluding hydrogens is 268 g/mol. The molecule has 2 aromatic rings. The average molecular weight is 288 g/mol. The van der Waals surface area contributed by atoms with Crippen LogP contribution in [0.2, 0.25) is 0 Å². The lowest BCUT2D eigenvalue weighted by molar-refractivity contribution is -0.137. The number of aromatic nitrogens is 1. The highest BCUT2D eigenvalue weighted by atomic mass is 16.4. The largest absolute Gasteiger partial charge is 0.481 e. The molecule has 0 atom stereocenters. The van der Waals surface area contributed by atoms with Gasteiger partial charge in [-0.15, -0.1) is 0 Å². The molecule has 1 N–H and O–H groups in total. The predicted octanol–water partition coefficient (Wildman–Crippen LogP) is 2.14. The van der Waals surface area contributed by atoms with Crippen LogP contribution in [0.15, 0.2) is 30.5 Å². The summed E-state index contributed by atoms with van der Waals surface area (Å²) in [4.78, 5) is 24.1. The Bertz CT molecular complexity index is 659. The zero-order valence-electron chi connectivity index (χ0n) is 12.4. The molecule has 1 aromatic heterocycles. The van der Waals surface area contributed by atoms with Crippen molar-refractivity contribution in [2.75, 3.05) is 14.1 Å². The number of benzene rings is 1. The lowest BCUT2D eigenvalue weighted by Gasteiger charge is -2.11. The molecule has 0 aliphatic heterocycles. The molecule has 1 aromatic carbocycles. The van der Waals surface area contributed by atoms with E-state index in [1.165, 1.54) is 0 Å². The molecule has 2 rings (SSSR count). The second-order valence-corrected chi connectivity index (χ2v) is 5.33. The summed E-state index contributed by atoms with van der Waals surface area (Å²) in [6.45, 7) is 0.298. The molecule has 0 saturated heterocycles. The molecular formula is C16H20N2O3. The Balaban J connectivity index is 2.25. The molecule has 1 heterocycles. The van der Waals surface area contributed by atoms with Crippen LogP contribution < -0.4 is 0 Å². The first-order valence-electron chi connectivity index (χ1n) is 6.97. The van der Waals surface area contributed by atoms with Gasteiger partial charge in [0.05, 0.1) is 0 Å². The lowest BCUT2D eigenvalue weighted by atomic mass is 10.1. The number of likely N-dealkylation sites (N-methyl/N-ethyl adjacent to an activating group) is 1. The molecule has 0 radical (unpaired) electrons. The minimum absolute atomic E-state index is 0.0350. The lowest BCUT2D eigenvalue weighted by Crippen LogP contribution is -2.25. The van der Waals surface area contributed by atoms with Crippen molar-refractivity contribution in [3.05, 3.63) is 36.0 Å². The second-order valence-electron chi connectivity index (χ2n) is 5.33. The number of carbonyl (C=O) groups is 2. The SMILES string of the molecule is CN(C)C(=O)Cn1cc(CCCC(=O)O)c2ccccc21. The van der Waals surface area contributed by atoms with E-state index in [9.17, 15) is 9.59 Å². The third-order valence-electron chi connectivity index (χ3n) is 3.51. The van der Waals surface area contributed by atoms with Gasteiger partial charge in [-0.1, -0.05) is 18.2 Å². The van der Waals surface area contributed by atoms with Crippen LogP contribution in [-0.4, -0.2) is 40.5 Å². The number of carbonyl (C=O) groups excluding carboxylic acids is 1. The highest BCUT2D eigenvalue weighted by Gasteiger charge is 2.12. The summed E-state index contributed by atoms with van der Waals surface area (Å²) in [5, 5.41) is 9.83. The number of rotatable bonds is 6. The molecule has 0 fully saturated rings. The van der Waals surface area contributed by atoms with E-state index >= 15 is 0 Å². The van der Waals surface area contributed by atoms with E-state index in [-0.39, 0.29) is 12.3 Å². The van der Waals surface area contributed by atoms with Crippen LogP contribution in [0.4, 0.5) is 0 Å². The summed E-state index contributed by atoms with van der Waals surface area (Å²) in [5.41, 5.74) is 2.11. The number of para-hydroxylation sites is 1. The smallest absolute Gasteiger partial charge is 0.303 e. The Kier molecular flexibility index (Phi) is 4.62. The van der Waals surface area contributed by atoms with E-state index in [2.05, 4.69) is 0 Å². The van der Waals surface area contributed by atoms with Gasteiger partial charge in [0.25, 0.3) is 0 Å². The van der Waals surface area contributed by atoms with Gasteiger partial charge >= 0.3 is 5.97 Å². The molecule has 21 heavy (non-hydrogen) atoms. The molecule has 0 aliphatic rings. The number of nitrogens with zero attached hydrogens (tertiary/aromatic N) is 2. The maximum atomic E-state index is 11.9. The van der Waals surface area contributed by atoms with Crippen molar-refractivity contribution in [2.24, 2.45) is 0 Å². The normalized spacial score (nSPS) is 10.8.